The molecule has 1 aromatic heterocycles. The largest absolute Gasteiger partial charge is 0.346 e. The van der Waals surface area contributed by atoms with Crippen LogP contribution in [0.3, 0.4) is 0 Å². The lowest BCUT2D eigenvalue weighted by molar-refractivity contribution is 0.0914. The van der Waals surface area contributed by atoms with E-state index in [1.165, 1.54) is 6.07 Å². The molecular weight excluding hydrogens is 180 g/mol. The zero-order chi connectivity index (χ0) is 10.8. The number of hydrogen-bond donors (Lipinski definition) is 2. The minimum Gasteiger partial charge on any atom is -0.346 e. The van der Waals surface area contributed by atoms with E-state index in [2.05, 4.69) is 10.3 Å². The number of pyridine rings is 1. The van der Waals surface area contributed by atoms with Crippen LogP contribution in [0.2, 0.25) is 0 Å². The molecule has 0 aromatic carbocycles. The molecule has 14 heavy (non-hydrogen) atoms. The van der Waals surface area contributed by atoms with Crippen molar-refractivity contribution in [1.29, 1.82) is 0 Å². The molecule has 0 saturated carbocycles. The van der Waals surface area contributed by atoms with E-state index in [1.54, 1.807) is 12.1 Å². The number of nitrogens with one attached hydrogen (secondary N) is 2. The molecule has 0 atom stereocenters. The van der Waals surface area contributed by atoms with Crippen LogP contribution >= 0.6 is 0 Å². The molecule has 1 heterocycles. The third kappa shape index (κ3) is 3.05. The Morgan fingerprint density at radius 1 is 1.36 bits per heavy atom. The zero-order valence-corrected chi connectivity index (χ0v) is 8.55. The molecule has 76 valence electrons. The Balaban J connectivity index is 2.86. The van der Waals surface area contributed by atoms with E-state index in [0.717, 1.165) is 0 Å². The number of hydrogen-bond acceptors (Lipinski definition) is 2. The molecule has 1 rings (SSSR count). The summed E-state index contributed by atoms with van der Waals surface area (Å²) in [6.45, 7) is 5.64. The highest BCUT2D eigenvalue weighted by atomic mass is 16.2. The van der Waals surface area contributed by atoms with Gasteiger partial charge >= 0.3 is 0 Å². The van der Waals surface area contributed by atoms with E-state index in [9.17, 15) is 9.59 Å². The molecule has 4 nitrogen and oxygen atoms in total. The van der Waals surface area contributed by atoms with Gasteiger partial charge in [0.1, 0.15) is 5.69 Å². The van der Waals surface area contributed by atoms with Gasteiger partial charge in [0.2, 0.25) is 5.56 Å². The third-order valence-electron chi connectivity index (χ3n) is 1.50. The zero-order valence-electron chi connectivity index (χ0n) is 8.55. The van der Waals surface area contributed by atoms with Crippen LogP contribution in [0.4, 0.5) is 0 Å². The molecule has 0 aliphatic heterocycles. The summed E-state index contributed by atoms with van der Waals surface area (Å²) >= 11 is 0. The fourth-order valence-corrected chi connectivity index (χ4v) is 0.988. The maximum absolute atomic E-state index is 11.5. The van der Waals surface area contributed by atoms with Crippen LogP contribution in [0.25, 0.3) is 0 Å². The van der Waals surface area contributed by atoms with Gasteiger partial charge in [0.05, 0.1) is 0 Å². The van der Waals surface area contributed by atoms with Crippen LogP contribution in [-0.2, 0) is 0 Å². The van der Waals surface area contributed by atoms with E-state index in [-0.39, 0.29) is 22.7 Å². The number of amides is 1. The number of rotatable bonds is 1. The molecule has 0 aliphatic rings. The Labute approximate surface area is 82.3 Å². The topological polar surface area (TPSA) is 62.0 Å². The van der Waals surface area contributed by atoms with E-state index in [1.807, 2.05) is 20.8 Å². The van der Waals surface area contributed by atoms with E-state index in [0.29, 0.717) is 0 Å². The lowest BCUT2D eigenvalue weighted by Gasteiger charge is -2.20. The predicted molar refractivity (Wildman–Crippen MR) is 54.3 cm³/mol. The summed E-state index contributed by atoms with van der Waals surface area (Å²) in [4.78, 5) is 24.9. The van der Waals surface area contributed by atoms with Gasteiger partial charge in [-0.1, -0.05) is 6.07 Å². The number of aromatic nitrogens is 1. The van der Waals surface area contributed by atoms with Gasteiger partial charge in [-0.2, -0.15) is 0 Å². The number of carbonyl (C=O) groups excluding carboxylic acids is 1. The smallest absolute Gasteiger partial charge is 0.268 e. The standard InChI is InChI=1S/C10H14N2O2/c1-10(2,3)12-9(14)7-5-4-6-8(13)11-7/h4-6H,1-3H3,(H,11,13)(H,12,14). The van der Waals surface area contributed by atoms with Gasteiger partial charge in [-0.15, -0.1) is 0 Å². The van der Waals surface area contributed by atoms with Gasteiger partial charge < -0.3 is 10.3 Å². The summed E-state index contributed by atoms with van der Waals surface area (Å²) in [5, 5.41) is 2.75. The SMILES string of the molecule is CC(C)(C)NC(=O)c1cccc(=O)[nH]1. The fraction of sp³-hybridized carbons (Fsp3) is 0.400. The second-order valence-corrected chi connectivity index (χ2v) is 4.13. The van der Waals surface area contributed by atoms with Gasteiger partial charge in [-0.3, -0.25) is 9.59 Å². The van der Waals surface area contributed by atoms with Crippen LogP contribution in [-0.4, -0.2) is 16.4 Å². The quantitative estimate of drug-likeness (QED) is 0.697. The Morgan fingerprint density at radius 2 is 2.00 bits per heavy atom. The Bertz CT molecular complexity index is 388. The van der Waals surface area contributed by atoms with Crippen LogP contribution in [0, 0.1) is 0 Å². The normalized spacial score (nSPS) is 11.1. The number of aromatic amines is 1. The molecule has 0 bridgehead atoms. The van der Waals surface area contributed by atoms with Gasteiger partial charge in [0.15, 0.2) is 0 Å². The molecule has 4 heteroatoms. The van der Waals surface area contributed by atoms with Crippen molar-refractivity contribution in [2.75, 3.05) is 0 Å². The summed E-state index contributed by atoms with van der Waals surface area (Å²) in [5.74, 6) is -0.268. The average molecular weight is 194 g/mol. The first-order valence-corrected chi connectivity index (χ1v) is 4.40. The molecule has 0 saturated heterocycles. The van der Waals surface area contributed by atoms with Crippen molar-refractivity contribution in [3.8, 4) is 0 Å². The minimum atomic E-state index is -0.302. The van der Waals surface area contributed by atoms with Crippen molar-refractivity contribution in [1.82, 2.24) is 10.3 Å². The lowest BCUT2D eigenvalue weighted by Crippen LogP contribution is -2.41. The Kier molecular flexibility index (Phi) is 2.74. The maximum Gasteiger partial charge on any atom is 0.268 e. The van der Waals surface area contributed by atoms with Crippen molar-refractivity contribution in [2.45, 2.75) is 26.3 Å². The summed E-state index contributed by atoms with van der Waals surface area (Å²) in [6.07, 6.45) is 0. The summed E-state index contributed by atoms with van der Waals surface area (Å²) in [6, 6.07) is 4.49. The third-order valence-corrected chi connectivity index (χ3v) is 1.50. The highest BCUT2D eigenvalue weighted by Gasteiger charge is 2.15. The average Bonchev–Trinajstić information content (AvgIpc) is 2.01. The lowest BCUT2D eigenvalue weighted by atomic mass is 10.1. The molecule has 0 unspecified atom stereocenters. The van der Waals surface area contributed by atoms with Crippen molar-refractivity contribution < 1.29 is 4.79 Å². The van der Waals surface area contributed by atoms with Gasteiger partial charge in [-0.05, 0) is 26.8 Å². The van der Waals surface area contributed by atoms with Crippen molar-refractivity contribution in [3.63, 3.8) is 0 Å². The van der Waals surface area contributed by atoms with E-state index >= 15 is 0 Å². The van der Waals surface area contributed by atoms with Crippen LogP contribution < -0.4 is 10.9 Å². The molecule has 1 aromatic rings. The monoisotopic (exact) mass is 194 g/mol. The Morgan fingerprint density at radius 3 is 2.50 bits per heavy atom. The molecular formula is C10H14N2O2. The maximum atomic E-state index is 11.5. The van der Waals surface area contributed by atoms with Crippen molar-refractivity contribution in [2.24, 2.45) is 0 Å². The van der Waals surface area contributed by atoms with Gasteiger partial charge in [0, 0.05) is 11.6 Å². The second-order valence-electron chi connectivity index (χ2n) is 4.13. The second kappa shape index (κ2) is 3.65. The molecule has 1 amide bonds. The Hall–Kier alpha value is -1.58. The molecule has 0 aliphatic carbocycles. The number of H-pyrrole nitrogens is 1. The first kappa shape index (κ1) is 10.5. The molecule has 0 fully saturated rings. The van der Waals surface area contributed by atoms with Crippen LogP contribution in [0.5, 0.6) is 0 Å². The highest BCUT2D eigenvalue weighted by molar-refractivity contribution is 5.92. The highest BCUT2D eigenvalue weighted by Crippen LogP contribution is 2.00. The first-order chi connectivity index (χ1) is 6.38. The minimum absolute atomic E-state index is 0.268. The summed E-state index contributed by atoms with van der Waals surface area (Å²) < 4.78 is 0. The van der Waals surface area contributed by atoms with Gasteiger partial charge in [0.25, 0.3) is 5.91 Å². The number of carbonyl (C=O) groups is 1. The fourth-order valence-electron chi connectivity index (χ4n) is 0.988. The molecule has 0 spiro atoms. The van der Waals surface area contributed by atoms with E-state index < -0.39 is 0 Å². The van der Waals surface area contributed by atoms with Crippen molar-refractivity contribution in [3.05, 3.63) is 34.2 Å². The first-order valence-electron chi connectivity index (χ1n) is 4.40. The summed E-state index contributed by atoms with van der Waals surface area (Å²) in [7, 11) is 0. The molecule has 0 radical (unpaired) electrons. The van der Waals surface area contributed by atoms with Gasteiger partial charge in [-0.25, -0.2) is 0 Å². The van der Waals surface area contributed by atoms with E-state index in [4.69, 9.17) is 0 Å². The van der Waals surface area contributed by atoms with Crippen LogP contribution in [0.1, 0.15) is 31.3 Å². The van der Waals surface area contributed by atoms with Crippen molar-refractivity contribution >= 4 is 5.91 Å². The predicted octanol–water partition coefficient (Wildman–Crippen LogP) is 0.903. The molecule has 2 N–H and O–H groups in total. The van der Waals surface area contributed by atoms with Crippen LogP contribution in [0.15, 0.2) is 23.0 Å². The summed E-state index contributed by atoms with van der Waals surface area (Å²) in [5.41, 5.74) is -0.289.